The monoisotopic (exact) mass is 440 g/mol. The minimum Gasteiger partial charge on any atom is -0.493 e. The summed E-state index contributed by atoms with van der Waals surface area (Å²) in [7, 11) is 4.85. The van der Waals surface area contributed by atoms with Crippen molar-refractivity contribution in [2.45, 2.75) is 18.5 Å². The van der Waals surface area contributed by atoms with Crippen molar-refractivity contribution in [2.75, 3.05) is 25.3 Å². The van der Waals surface area contributed by atoms with E-state index < -0.39 is 0 Å². The first-order valence-electron chi connectivity index (χ1n) is 9.54. The number of thioether (sulfide) groups is 1. The SMILES string of the molecule is COc1ccc(C(=O)CSc2nnc(CC(=O)Nc3ccccc3C)n2C)cc1OC. The molecule has 0 aliphatic heterocycles. The second-order valence-electron chi connectivity index (χ2n) is 6.78. The van der Waals surface area contributed by atoms with E-state index in [1.807, 2.05) is 31.2 Å². The second-order valence-corrected chi connectivity index (χ2v) is 7.72. The molecule has 0 unspecified atom stereocenters. The Kier molecular flexibility index (Phi) is 7.30. The lowest BCUT2D eigenvalue weighted by Crippen LogP contribution is -2.17. The average molecular weight is 441 g/mol. The first-order chi connectivity index (χ1) is 14.9. The van der Waals surface area contributed by atoms with Gasteiger partial charge in [-0.05, 0) is 36.8 Å². The van der Waals surface area contributed by atoms with Crippen molar-refractivity contribution < 1.29 is 19.1 Å². The fourth-order valence-electron chi connectivity index (χ4n) is 2.90. The van der Waals surface area contributed by atoms with Gasteiger partial charge in [0.2, 0.25) is 5.91 Å². The number of nitrogens with one attached hydrogen (secondary N) is 1. The summed E-state index contributed by atoms with van der Waals surface area (Å²) in [5, 5.41) is 11.7. The number of hydrogen-bond acceptors (Lipinski definition) is 7. The van der Waals surface area contributed by atoms with Crippen molar-refractivity contribution in [1.29, 1.82) is 0 Å². The Hall–Kier alpha value is -3.33. The number of carbonyl (C=O) groups is 2. The molecular formula is C22H24N4O4S. The molecule has 8 nitrogen and oxygen atoms in total. The van der Waals surface area contributed by atoms with Crippen molar-refractivity contribution >= 4 is 29.1 Å². The number of aryl methyl sites for hydroxylation is 1. The van der Waals surface area contributed by atoms with Gasteiger partial charge in [-0.25, -0.2) is 0 Å². The summed E-state index contributed by atoms with van der Waals surface area (Å²) in [6, 6.07) is 12.6. The van der Waals surface area contributed by atoms with Gasteiger partial charge in [-0.1, -0.05) is 30.0 Å². The predicted octanol–water partition coefficient (Wildman–Crippen LogP) is 3.30. The molecule has 0 aliphatic carbocycles. The zero-order chi connectivity index (χ0) is 22.4. The number of aromatic nitrogens is 3. The van der Waals surface area contributed by atoms with Crippen molar-refractivity contribution in [1.82, 2.24) is 14.8 Å². The van der Waals surface area contributed by atoms with Gasteiger partial charge in [0.25, 0.3) is 0 Å². The van der Waals surface area contributed by atoms with Crippen LogP contribution in [-0.4, -0.2) is 46.4 Å². The molecule has 0 aliphatic rings. The van der Waals surface area contributed by atoms with Gasteiger partial charge in [0.05, 0.1) is 26.4 Å². The van der Waals surface area contributed by atoms with Gasteiger partial charge in [0.15, 0.2) is 22.4 Å². The molecule has 31 heavy (non-hydrogen) atoms. The summed E-state index contributed by atoms with van der Waals surface area (Å²) in [4.78, 5) is 25.0. The maximum Gasteiger partial charge on any atom is 0.232 e. The number of amides is 1. The smallest absolute Gasteiger partial charge is 0.232 e. The van der Waals surface area contributed by atoms with Gasteiger partial charge in [-0.3, -0.25) is 9.59 Å². The van der Waals surface area contributed by atoms with Crippen LogP contribution in [0.15, 0.2) is 47.6 Å². The fraction of sp³-hybridized carbons (Fsp3) is 0.273. The lowest BCUT2D eigenvalue weighted by Gasteiger charge is -2.09. The van der Waals surface area contributed by atoms with E-state index in [4.69, 9.17) is 9.47 Å². The number of methoxy groups -OCH3 is 2. The molecule has 1 amide bonds. The number of ether oxygens (including phenoxy) is 2. The quantitative estimate of drug-likeness (QED) is 0.403. The molecule has 1 aromatic heterocycles. The van der Waals surface area contributed by atoms with Crippen LogP contribution in [0.4, 0.5) is 5.69 Å². The first kappa shape index (κ1) is 22.4. The molecule has 1 N–H and O–H groups in total. The van der Waals surface area contributed by atoms with E-state index >= 15 is 0 Å². The van der Waals surface area contributed by atoms with Crippen molar-refractivity contribution in [2.24, 2.45) is 7.05 Å². The Morgan fingerprint density at radius 2 is 1.81 bits per heavy atom. The topological polar surface area (TPSA) is 95.3 Å². The normalized spacial score (nSPS) is 10.6. The first-order valence-corrected chi connectivity index (χ1v) is 10.5. The van der Waals surface area contributed by atoms with E-state index in [0.717, 1.165) is 11.3 Å². The Labute approximate surface area is 185 Å². The van der Waals surface area contributed by atoms with Crippen LogP contribution < -0.4 is 14.8 Å². The molecule has 1 heterocycles. The third kappa shape index (κ3) is 5.43. The summed E-state index contributed by atoms with van der Waals surface area (Å²) in [5.74, 6) is 1.51. The molecule has 0 bridgehead atoms. The molecule has 0 spiro atoms. The Morgan fingerprint density at radius 1 is 1.06 bits per heavy atom. The molecular weight excluding hydrogens is 416 g/mol. The average Bonchev–Trinajstić information content (AvgIpc) is 3.12. The number of benzene rings is 2. The number of ketones is 1. The largest absolute Gasteiger partial charge is 0.493 e. The van der Waals surface area contributed by atoms with Crippen LogP contribution in [0, 0.1) is 6.92 Å². The van der Waals surface area contributed by atoms with Crippen LogP contribution >= 0.6 is 11.8 Å². The van der Waals surface area contributed by atoms with Crippen molar-refractivity contribution in [3.63, 3.8) is 0 Å². The van der Waals surface area contributed by atoms with Crippen LogP contribution in [0.1, 0.15) is 21.7 Å². The number of hydrogen-bond donors (Lipinski definition) is 1. The molecule has 162 valence electrons. The van der Waals surface area contributed by atoms with Gasteiger partial charge in [-0.2, -0.15) is 0 Å². The summed E-state index contributed by atoms with van der Waals surface area (Å²) in [6.45, 7) is 1.93. The van der Waals surface area contributed by atoms with E-state index in [1.54, 1.807) is 36.9 Å². The second kappa shape index (κ2) is 10.1. The van der Waals surface area contributed by atoms with Gasteiger partial charge in [0.1, 0.15) is 5.82 Å². The van der Waals surface area contributed by atoms with Crippen LogP contribution in [0.2, 0.25) is 0 Å². The Morgan fingerprint density at radius 3 is 2.52 bits per heavy atom. The standard InChI is InChI=1S/C22H24N4O4S/c1-14-7-5-6-8-16(14)23-21(28)12-20-24-25-22(26(20)2)31-13-17(27)15-9-10-18(29-3)19(11-15)30-4/h5-11H,12-13H2,1-4H3,(H,23,28). The molecule has 3 rings (SSSR count). The molecule has 9 heteroatoms. The zero-order valence-corrected chi connectivity index (χ0v) is 18.7. The van der Waals surface area contributed by atoms with E-state index in [0.29, 0.717) is 28.0 Å². The van der Waals surface area contributed by atoms with Crippen molar-refractivity contribution in [3.8, 4) is 11.5 Å². The lowest BCUT2D eigenvalue weighted by atomic mass is 10.1. The number of rotatable bonds is 9. The number of carbonyl (C=O) groups excluding carboxylic acids is 2. The molecule has 0 atom stereocenters. The molecule has 0 fully saturated rings. The third-order valence-electron chi connectivity index (χ3n) is 4.70. The number of Topliss-reactive ketones (excluding diaryl/α,β-unsaturated/α-hetero) is 1. The highest BCUT2D eigenvalue weighted by Gasteiger charge is 2.16. The van der Waals surface area contributed by atoms with E-state index in [1.165, 1.54) is 18.9 Å². The minimum atomic E-state index is -0.178. The van der Waals surface area contributed by atoms with Crippen molar-refractivity contribution in [3.05, 3.63) is 59.4 Å². The predicted molar refractivity (Wildman–Crippen MR) is 119 cm³/mol. The van der Waals surface area contributed by atoms with Gasteiger partial charge in [0, 0.05) is 18.3 Å². The van der Waals surface area contributed by atoms with Crippen LogP contribution in [0.3, 0.4) is 0 Å². The maximum atomic E-state index is 12.6. The number of nitrogens with zero attached hydrogens (tertiary/aromatic N) is 3. The fourth-order valence-corrected chi connectivity index (χ4v) is 3.72. The van der Waals surface area contributed by atoms with Gasteiger partial charge in [-0.15, -0.1) is 10.2 Å². The van der Waals surface area contributed by atoms with E-state index in [-0.39, 0.29) is 23.9 Å². The molecule has 0 saturated heterocycles. The van der Waals surface area contributed by atoms with Gasteiger partial charge >= 0.3 is 0 Å². The third-order valence-corrected chi connectivity index (χ3v) is 5.72. The Balaban J connectivity index is 1.61. The number of para-hydroxylation sites is 1. The van der Waals surface area contributed by atoms with Crippen LogP contribution in [0.25, 0.3) is 0 Å². The molecule has 0 saturated carbocycles. The highest BCUT2D eigenvalue weighted by Crippen LogP contribution is 2.28. The lowest BCUT2D eigenvalue weighted by molar-refractivity contribution is -0.115. The van der Waals surface area contributed by atoms with E-state index in [9.17, 15) is 9.59 Å². The molecule has 3 aromatic rings. The zero-order valence-electron chi connectivity index (χ0n) is 17.8. The number of anilines is 1. The molecule has 2 aromatic carbocycles. The van der Waals surface area contributed by atoms with Crippen LogP contribution in [-0.2, 0) is 18.3 Å². The maximum absolute atomic E-state index is 12.6. The summed E-state index contributed by atoms with van der Waals surface area (Å²) in [6.07, 6.45) is 0.0853. The highest BCUT2D eigenvalue weighted by atomic mass is 32.2. The minimum absolute atomic E-state index is 0.0761. The Bertz CT molecular complexity index is 1100. The van der Waals surface area contributed by atoms with E-state index in [2.05, 4.69) is 15.5 Å². The molecule has 0 radical (unpaired) electrons. The van der Waals surface area contributed by atoms with Gasteiger partial charge < -0.3 is 19.4 Å². The summed E-state index contributed by atoms with van der Waals surface area (Å²) in [5.41, 5.74) is 2.27. The highest BCUT2D eigenvalue weighted by molar-refractivity contribution is 7.99. The summed E-state index contributed by atoms with van der Waals surface area (Å²) < 4.78 is 12.2. The summed E-state index contributed by atoms with van der Waals surface area (Å²) >= 11 is 1.26. The van der Waals surface area contributed by atoms with Crippen LogP contribution in [0.5, 0.6) is 11.5 Å².